The number of aromatic nitrogens is 2. The van der Waals surface area contributed by atoms with Gasteiger partial charge in [0, 0.05) is 62.1 Å². The van der Waals surface area contributed by atoms with E-state index in [1.54, 1.807) is 36.3 Å². The van der Waals surface area contributed by atoms with E-state index in [4.69, 9.17) is 14.2 Å². The van der Waals surface area contributed by atoms with E-state index in [1.807, 2.05) is 13.1 Å². The number of benzene rings is 3. The summed E-state index contributed by atoms with van der Waals surface area (Å²) < 4.78 is 46.9. The molecule has 0 radical (unpaired) electrons. The highest BCUT2D eigenvalue weighted by molar-refractivity contribution is 5.94. The van der Waals surface area contributed by atoms with Crippen LogP contribution >= 0.6 is 0 Å². The van der Waals surface area contributed by atoms with Gasteiger partial charge in [0.05, 0.1) is 18.3 Å². The lowest BCUT2D eigenvalue weighted by molar-refractivity contribution is -0.127. The van der Waals surface area contributed by atoms with Gasteiger partial charge in [0.25, 0.3) is 0 Å². The van der Waals surface area contributed by atoms with Crippen molar-refractivity contribution in [2.75, 3.05) is 45.7 Å². The van der Waals surface area contributed by atoms with Crippen molar-refractivity contribution >= 4 is 28.3 Å². The highest BCUT2D eigenvalue weighted by Gasteiger charge is 2.25. The number of ether oxygens (including phenoxy) is 3. The van der Waals surface area contributed by atoms with Crippen molar-refractivity contribution in [2.45, 2.75) is 31.5 Å². The summed E-state index contributed by atoms with van der Waals surface area (Å²) in [7, 11) is 3.62. The van der Waals surface area contributed by atoms with Crippen molar-refractivity contribution in [3.8, 4) is 28.4 Å². The molecule has 6 rings (SSSR count). The third kappa shape index (κ3) is 6.68. The van der Waals surface area contributed by atoms with Crippen LogP contribution in [0.2, 0.25) is 0 Å². The average molecular weight is 616 g/mol. The Morgan fingerprint density at radius 1 is 0.956 bits per heavy atom. The summed E-state index contributed by atoms with van der Waals surface area (Å²) in [6.45, 7) is 6.44. The normalized spacial score (nSPS) is 17.3. The number of anilines is 2. The van der Waals surface area contributed by atoms with Crippen molar-refractivity contribution in [3.05, 3.63) is 79.1 Å². The molecule has 1 N–H and O–H groups in total. The molecule has 3 aromatic carbocycles. The van der Waals surface area contributed by atoms with Gasteiger partial charge < -0.3 is 29.3 Å². The largest absolute Gasteiger partial charge is 0.493 e. The van der Waals surface area contributed by atoms with E-state index in [1.165, 1.54) is 24.5 Å². The molecule has 11 heteroatoms. The number of hydrogen-bond acceptors (Lipinski definition) is 8. The molecular weight excluding hydrogens is 580 g/mol. The number of halogens is 2. The van der Waals surface area contributed by atoms with Gasteiger partial charge in [-0.15, -0.1) is 0 Å². The van der Waals surface area contributed by atoms with Crippen LogP contribution in [-0.2, 0) is 4.79 Å². The number of carbonyl (C=O) groups excluding carboxylic acids is 1. The van der Waals surface area contributed by atoms with E-state index in [0.29, 0.717) is 71.2 Å². The Labute approximate surface area is 260 Å². The molecule has 2 aliphatic rings. The summed E-state index contributed by atoms with van der Waals surface area (Å²) >= 11 is 0. The molecule has 0 bridgehead atoms. The molecule has 0 spiro atoms. The van der Waals surface area contributed by atoms with Gasteiger partial charge in [0.1, 0.15) is 41.7 Å². The molecule has 1 atom stereocenters. The number of fused-ring (bicyclic) bond motifs is 1. The van der Waals surface area contributed by atoms with Crippen LogP contribution in [0.15, 0.2) is 67.5 Å². The molecule has 3 heterocycles. The molecule has 0 saturated carbocycles. The maximum Gasteiger partial charge on any atom is 0.245 e. The summed E-state index contributed by atoms with van der Waals surface area (Å²) in [4.78, 5) is 25.0. The van der Waals surface area contributed by atoms with Crippen LogP contribution in [-0.4, -0.2) is 78.2 Å². The minimum absolute atomic E-state index is 0.0106. The predicted octanol–water partition coefficient (Wildman–Crippen LogP) is 5.97. The second-order valence-corrected chi connectivity index (χ2v) is 11.3. The summed E-state index contributed by atoms with van der Waals surface area (Å²) in [5, 5.41) is 4.08. The Morgan fingerprint density at radius 3 is 2.44 bits per heavy atom. The smallest absolute Gasteiger partial charge is 0.245 e. The summed E-state index contributed by atoms with van der Waals surface area (Å²) in [6, 6.07) is 12.5. The quantitative estimate of drug-likeness (QED) is 0.231. The topological polar surface area (TPSA) is 89.1 Å². The number of rotatable bonds is 9. The molecule has 9 nitrogen and oxygen atoms in total. The molecule has 1 amide bonds. The first kappa shape index (κ1) is 30.3. The van der Waals surface area contributed by atoms with Gasteiger partial charge >= 0.3 is 0 Å². The highest BCUT2D eigenvalue weighted by Crippen LogP contribution is 2.39. The van der Waals surface area contributed by atoms with Crippen molar-refractivity contribution in [2.24, 2.45) is 0 Å². The second-order valence-electron chi connectivity index (χ2n) is 11.3. The third-order valence-electron chi connectivity index (χ3n) is 8.26. The fourth-order valence-corrected chi connectivity index (χ4v) is 5.84. The van der Waals surface area contributed by atoms with E-state index in [9.17, 15) is 13.6 Å². The number of hydrogen-bond donors (Lipinski definition) is 1. The maximum atomic E-state index is 14.8. The summed E-state index contributed by atoms with van der Waals surface area (Å²) in [5.41, 5.74) is 2.02. The number of carbonyl (C=O) groups is 1. The highest BCUT2D eigenvalue weighted by atomic mass is 19.1. The van der Waals surface area contributed by atoms with Gasteiger partial charge in [0.15, 0.2) is 11.5 Å². The van der Waals surface area contributed by atoms with E-state index < -0.39 is 11.6 Å². The Balaban J connectivity index is 1.34. The molecule has 2 aliphatic heterocycles. The summed E-state index contributed by atoms with van der Waals surface area (Å²) in [5.74, 6) is 0.746. The standard InChI is InChI=1S/C34H35F2N5O4/c1-4-33(42)41-13-10-23(11-14-41)44-32-17-26-28(18-31(32)43-3)37-20-38-34(26)39-29-15-21(25-7-6-22(35)16-27(25)36)5-8-30(29)45-24-9-12-40(2)19-24/h4-8,15-18,20,23-24H,1,9-14,19H2,2-3H3,(H,37,38,39). The molecule has 2 fully saturated rings. The van der Waals surface area contributed by atoms with Gasteiger partial charge in [-0.3, -0.25) is 4.79 Å². The zero-order chi connectivity index (χ0) is 31.5. The Hall–Kier alpha value is -4.77. The Kier molecular flexibility index (Phi) is 8.79. The molecule has 234 valence electrons. The van der Waals surface area contributed by atoms with Crippen LogP contribution in [0.5, 0.6) is 17.2 Å². The monoisotopic (exact) mass is 615 g/mol. The zero-order valence-electron chi connectivity index (χ0n) is 25.3. The lowest BCUT2D eigenvalue weighted by Crippen LogP contribution is -2.41. The van der Waals surface area contributed by atoms with Gasteiger partial charge in [-0.25, -0.2) is 18.7 Å². The first-order valence-electron chi connectivity index (χ1n) is 14.9. The van der Waals surface area contributed by atoms with Gasteiger partial charge in [-0.2, -0.15) is 0 Å². The molecule has 0 aliphatic carbocycles. The molecule has 4 aromatic rings. The lowest BCUT2D eigenvalue weighted by Gasteiger charge is -2.31. The Bertz CT molecular complexity index is 1730. The lowest BCUT2D eigenvalue weighted by atomic mass is 10.0. The van der Waals surface area contributed by atoms with E-state index in [0.717, 1.165) is 25.6 Å². The minimum atomic E-state index is -0.659. The second kappa shape index (κ2) is 13.1. The first-order chi connectivity index (χ1) is 21.8. The molecule has 45 heavy (non-hydrogen) atoms. The fraction of sp³-hybridized carbons (Fsp3) is 0.324. The first-order valence-corrected chi connectivity index (χ1v) is 14.9. The van der Waals surface area contributed by atoms with Crippen molar-refractivity contribution in [1.82, 2.24) is 19.8 Å². The number of likely N-dealkylation sites (N-methyl/N-ethyl adjacent to an activating group) is 1. The number of piperidine rings is 1. The fourth-order valence-electron chi connectivity index (χ4n) is 5.84. The van der Waals surface area contributed by atoms with Crippen LogP contribution in [0.4, 0.5) is 20.3 Å². The van der Waals surface area contributed by atoms with Crippen LogP contribution in [0.1, 0.15) is 19.3 Å². The Morgan fingerprint density at radius 2 is 1.73 bits per heavy atom. The molecule has 1 aromatic heterocycles. The molecule has 2 saturated heterocycles. The number of likely N-dealkylation sites (tertiary alicyclic amines) is 2. The van der Waals surface area contributed by atoms with Gasteiger partial charge in [-0.1, -0.05) is 12.6 Å². The van der Waals surface area contributed by atoms with E-state index in [-0.39, 0.29) is 23.7 Å². The number of nitrogens with one attached hydrogen (secondary N) is 1. The number of nitrogens with zero attached hydrogens (tertiary/aromatic N) is 4. The van der Waals surface area contributed by atoms with Gasteiger partial charge in [0.2, 0.25) is 5.91 Å². The van der Waals surface area contributed by atoms with Crippen molar-refractivity contribution in [1.29, 1.82) is 0 Å². The van der Waals surface area contributed by atoms with E-state index in [2.05, 4.69) is 26.8 Å². The van der Waals surface area contributed by atoms with Crippen LogP contribution in [0, 0.1) is 11.6 Å². The van der Waals surface area contributed by atoms with Crippen LogP contribution in [0.25, 0.3) is 22.0 Å². The van der Waals surface area contributed by atoms with Crippen molar-refractivity contribution in [3.63, 3.8) is 0 Å². The third-order valence-corrected chi connectivity index (χ3v) is 8.26. The predicted molar refractivity (Wildman–Crippen MR) is 168 cm³/mol. The maximum absolute atomic E-state index is 14.8. The van der Waals surface area contributed by atoms with Gasteiger partial charge in [-0.05, 0) is 55.4 Å². The zero-order valence-corrected chi connectivity index (χ0v) is 25.3. The SMILES string of the molecule is C=CC(=O)N1CCC(Oc2cc3c(Nc4cc(-c5ccc(F)cc5F)ccc4OC4CCN(C)C4)ncnc3cc2OC)CC1. The van der Waals surface area contributed by atoms with Crippen molar-refractivity contribution < 1.29 is 27.8 Å². The molecular formula is C34H35F2N5O4. The average Bonchev–Trinajstić information content (AvgIpc) is 3.46. The number of methoxy groups -OCH3 is 1. The number of amides is 1. The minimum Gasteiger partial charge on any atom is -0.493 e. The van der Waals surface area contributed by atoms with E-state index >= 15 is 0 Å². The van der Waals surface area contributed by atoms with Crippen LogP contribution < -0.4 is 19.5 Å². The summed E-state index contributed by atoms with van der Waals surface area (Å²) in [6.07, 6.45) is 4.87. The van der Waals surface area contributed by atoms with Crippen LogP contribution in [0.3, 0.4) is 0 Å². The molecule has 1 unspecified atom stereocenters.